The summed E-state index contributed by atoms with van der Waals surface area (Å²) in [6, 6.07) is 106. The number of nitrogens with zero attached hydrogens (tertiary/aromatic N) is 3. The van der Waals surface area contributed by atoms with Crippen LogP contribution in [-0.4, -0.2) is 4.57 Å². The van der Waals surface area contributed by atoms with E-state index in [0.29, 0.717) is 0 Å². The Kier molecular flexibility index (Phi) is 12.8. The van der Waals surface area contributed by atoms with Gasteiger partial charge in [0.15, 0.2) is 0 Å². The normalized spacial score (nSPS) is 12.4. The van der Waals surface area contributed by atoms with E-state index in [1.54, 1.807) is 0 Å². The topological polar surface area (TPSA) is 11.4 Å². The second-order valence-corrected chi connectivity index (χ2v) is 24.0. The third kappa shape index (κ3) is 8.98. The van der Waals surface area contributed by atoms with Crippen LogP contribution in [0, 0.1) is 27.7 Å². The van der Waals surface area contributed by atoms with Crippen LogP contribution in [0.4, 0.5) is 34.1 Å². The molecule has 0 unspecified atom stereocenters. The fraction of sp³-hybridized carbons (Fsp3) is 0.0843. The molecule has 13 aromatic carbocycles. The molecule has 15 rings (SSSR count). The van der Waals surface area contributed by atoms with Crippen molar-refractivity contribution in [2.24, 2.45) is 0 Å². The maximum atomic E-state index is 2.52. The lowest BCUT2D eigenvalue weighted by Gasteiger charge is -2.31. The van der Waals surface area contributed by atoms with Gasteiger partial charge in [0.25, 0.3) is 0 Å². The molecule has 0 bridgehead atoms. The summed E-state index contributed by atoms with van der Waals surface area (Å²) in [6.07, 6.45) is 0. The van der Waals surface area contributed by atoms with Crippen LogP contribution in [-0.2, 0) is 5.41 Å². The zero-order valence-electron chi connectivity index (χ0n) is 49.5. The Morgan fingerprint density at radius 2 is 0.756 bits per heavy atom. The van der Waals surface area contributed by atoms with Crippen molar-refractivity contribution in [3.05, 3.63) is 318 Å². The molecule has 14 aromatic rings. The van der Waals surface area contributed by atoms with Gasteiger partial charge in [-0.1, -0.05) is 219 Å². The van der Waals surface area contributed by atoms with Gasteiger partial charge in [-0.15, -0.1) is 0 Å². The number of rotatable bonds is 11. The summed E-state index contributed by atoms with van der Waals surface area (Å²) in [4.78, 5) is 5.00. The minimum absolute atomic E-state index is 0.372. The standard InChI is InChI=1S/C83H65N3/c1-54-35-41-77(56(3)45-54)84(67-31-20-32-68(51-67)86-79-43-37-64(59-23-12-8-13-24-59)49-73(79)74-50-65(38-44-80(74)86)60-25-14-9-15-26-60)69-39-40-72-75(52-69)83(5,6)76-53-81(70-33-16-17-34-71(70)82(72)76)85(78-42-36-55(2)46-57(78)4)66-30-19-29-63(48-66)62-28-18-27-61(47-62)58-21-10-7-11-22-58/h7-53H,1-6H3. The largest absolute Gasteiger partial charge is 0.310 e. The first-order valence-electron chi connectivity index (χ1n) is 30.1. The zero-order valence-corrected chi connectivity index (χ0v) is 49.5. The summed E-state index contributed by atoms with van der Waals surface area (Å²) in [5.74, 6) is 0. The molecule has 1 heterocycles. The molecule has 0 amide bonds. The molecule has 1 aromatic heterocycles. The number of anilines is 6. The number of aryl methyl sites for hydroxylation is 4. The molecule has 0 radical (unpaired) electrons. The second-order valence-electron chi connectivity index (χ2n) is 24.0. The SMILES string of the molecule is Cc1ccc(N(c2cccc(-n3c4ccc(-c5ccccc5)cc4c4cc(-c5ccccc5)ccc43)c2)c2ccc3c(c2)C(C)(C)c2cc(N(c4cccc(-c5cccc(-c6ccccc6)c5)c4)c4ccc(C)cc4C)c4ccccc4c2-3)c(C)c1. The van der Waals surface area contributed by atoms with Crippen molar-refractivity contribution in [1.82, 2.24) is 4.57 Å². The Morgan fingerprint density at radius 1 is 0.291 bits per heavy atom. The molecular formula is C83H65N3. The van der Waals surface area contributed by atoms with Crippen LogP contribution in [0.3, 0.4) is 0 Å². The summed E-state index contributed by atoms with van der Waals surface area (Å²) in [5.41, 5.74) is 29.6. The Bertz CT molecular complexity index is 4860. The predicted octanol–water partition coefficient (Wildman–Crippen LogP) is 23.1. The number of aromatic nitrogens is 1. The number of hydrogen-bond donors (Lipinski definition) is 0. The predicted molar refractivity (Wildman–Crippen MR) is 366 cm³/mol. The first-order valence-corrected chi connectivity index (χ1v) is 30.1. The van der Waals surface area contributed by atoms with Crippen LogP contribution in [0.15, 0.2) is 285 Å². The highest BCUT2D eigenvalue weighted by Crippen LogP contribution is 2.56. The van der Waals surface area contributed by atoms with Gasteiger partial charge in [0.05, 0.1) is 16.7 Å². The van der Waals surface area contributed by atoms with Crippen molar-refractivity contribution in [2.75, 3.05) is 9.80 Å². The molecule has 0 saturated heterocycles. The van der Waals surface area contributed by atoms with Gasteiger partial charge in [-0.3, -0.25) is 0 Å². The molecule has 0 fully saturated rings. The summed E-state index contributed by atoms with van der Waals surface area (Å²) < 4.78 is 2.46. The van der Waals surface area contributed by atoms with Crippen molar-refractivity contribution >= 4 is 66.7 Å². The van der Waals surface area contributed by atoms with Gasteiger partial charge in [-0.05, 0) is 202 Å². The fourth-order valence-corrected chi connectivity index (χ4v) is 13.9. The van der Waals surface area contributed by atoms with Crippen LogP contribution in [0.5, 0.6) is 0 Å². The van der Waals surface area contributed by atoms with Crippen molar-refractivity contribution in [1.29, 1.82) is 0 Å². The van der Waals surface area contributed by atoms with E-state index >= 15 is 0 Å². The highest BCUT2D eigenvalue weighted by atomic mass is 15.2. The van der Waals surface area contributed by atoms with Gasteiger partial charge in [-0.25, -0.2) is 0 Å². The zero-order chi connectivity index (χ0) is 58.2. The lowest BCUT2D eigenvalue weighted by molar-refractivity contribution is 0.661. The minimum atomic E-state index is -0.372. The molecule has 0 aliphatic heterocycles. The van der Waals surface area contributed by atoms with Crippen LogP contribution < -0.4 is 9.80 Å². The number of benzene rings is 13. The van der Waals surface area contributed by atoms with E-state index in [0.717, 1.165) is 39.8 Å². The Labute approximate surface area is 505 Å². The average Bonchev–Trinajstić information content (AvgIpc) is 2.88. The van der Waals surface area contributed by atoms with E-state index in [9.17, 15) is 0 Å². The van der Waals surface area contributed by atoms with E-state index in [1.807, 2.05) is 0 Å². The first kappa shape index (κ1) is 52.3. The molecule has 1 aliphatic rings. The Morgan fingerprint density at radius 3 is 1.34 bits per heavy atom. The molecule has 1 aliphatic carbocycles. The highest BCUT2D eigenvalue weighted by molar-refractivity contribution is 6.13. The van der Waals surface area contributed by atoms with Crippen molar-refractivity contribution in [3.8, 4) is 61.3 Å². The number of fused-ring (bicyclic) bond motifs is 8. The van der Waals surface area contributed by atoms with Gasteiger partial charge >= 0.3 is 0 Å². The quantitative estimate of drug-likeness (QED) is 0.128. The monoisotopic (exact) mass is 1100 g/mol. The van der Waals surface area contributed by atoms with Crippen LogP contribution >= 0.6 is 0 Å². The Hall–Kier alpha value is -10.5. The van der Waals surface area contributed by atoms with Gasteiger partial charge in [0.1, 0.15) is 0 Å². The first-order chi connectivity index (χ1) is 42.0. The van der Waals surface area contributed by atoms with E-state index in [-0.39, 0.29) is 5.41 Å². The second kappa shape index (κ2) is 21.0. The molecule has 3 heteroatoms. The summed E-state index contributed by atoms with van der Waals surface area (Å²) in [7, 11) is 0. The smallest absolute Gasteiger partial charge is 0.0543 e. The average molecular weight is 1100 g/mol. The fourth-order valence-electron chi connectivity index (χ4n) is 13.9. The number of hydrogen-bond acceptors (Lipinski definition) is 2. The summed E-state index contributed by atoms with van der Waals surface area (Å²) in [5, 5.41) is 4.91. The molecule has 0 atom stereocenters. The lowest BCUT2D eigenvalue weighted by atomic mass is 9.81. The van der Waals surface area contributed by atoms with Crippen LogP contribution in [0.1, 0.15) is 47.2 Å². The maximum Gasteiger partial charge on any atom is 0.0543 e. The molecule has 0 spiro atoms. The molecule has 0 saturated carbocycles. The van der Waals surface area contributed by atoms with Crippen molar-refractivity contribution in [3.63, 3.8) is 0 Å². The maximum absolute atomic E-state index is 2.52. The molecule has 0 N–H and O–H groups in total. The highest BCUT2D eigenvalue weighted by Gasteiger charge is 2.39. The molecule has 3 nitrogen and oxygen atoms in total. The lowest BCUT2D eigenvalue weighted by Crippen LogP contribution is -2.18. The van der Waals surface area contributed by atoms with Gasteiger partial charge in [-0.2, -0.15) is 0 Å². The van der Waals surface area contributed by atoms with Crippen LogP contribution in [0.2, 0.25) is 0 Å². The van der Waals surface area contributed by atoms with Gasteiger partial charge in [0, 0.05) is 55.7 Å². The van der Waals surface area contributed by atoms with E-state index < -0.39 is 0 Å². The minimum Gasteiger partial charge on any atom is -0.310 e. The van der Waals surface area contributed by atoms with E-state index in [4.69, 9.17) is 0 Å². The van der Waals surface area contributed by atoms with Crippen LogP contribution in [0.25, 0.3) is 93.9 Å². The molecule has 412 valence electrons. The third-order valence-electron chi connectivity index (χ3n) is 18.1. The van der Waals surface area contributed by atoms with Gasteiger partial charge in [0.2, 0.25) is 0 Å². The summed E-state index contributed by atoms with van der Waals surface area (Å²) >= 11 is 0. The molecular weight excluding hydrogens is 1040 g/mol. The third-order valence-corrected chi connectivity index (χ3v) is 18.1. The van der Waals surface area contributed by atoms with E-state index in [2.05, 4.69) is 341 Å². The molecule has 86 heavy (non-hydrogen) atoms. The van der Waals surface area contributed by atoms with Gasteiger partial charge < -0.3 is 14.4 Å². The van der Waals surface area contributed by atoms with Crippen molar-refractivity contribution in [2.45, 2.75) is 47.0 Å². The Balaban J connectivity index is 0.876. The van der Waals surface area contributed by atoms with E-state index in [1.165, 1.54) is 122 Å². The summed E-state index contributed by atoms with van der Waals surface area (Å²) in [6.45, 7) is 13.7. The van der Waals surface area contributed by atoms with Crippen molar-refractivity contribution < 1.29 is 0 Å².